The molecule has 0 spiro atoms. The minimum Gasteiger partial charge on any atom is -0.496 e. The first-order valence-corrected chi connectivity index (χ1v) is 5.76. The van der Waals surface area contributed by atoms with Gasteiger partial charge in [0.05, 0.1) is 20.3 Å². The van der Waals surface area contributed by atoms with Crippen molar-refractivity contribution in [2.75, 3.05) is 20.3 Å². The van der Waals surface area contributed by atoms with E-state index in [0.29, 0.717) is 26.1 Å². The molecule has 1 heterocycles. The molecule has 2 rings (SSSR count). The minimum atomic E-state index is 0.455. The van der Waals surface area contributed by atoms with Crippen molar-refractivity contribution in [1.29, 1.82) is 0 Å². The van der Waals surface area contributed by atoms with Gasteiger partial charge in [-0.3, -0.25) is 0 Å². The van der Waals surface area contributed by atoms with Crippen molar-refractivity contribution in [2.45, 2.75) is 19.3 Å². The minimum absolute atomic E-state index is 0.455. The average Bonchev–Trinajstić information content (AvgIpc) is 2.60. The van der Waals surface area contributed by atoms with E-state index >= 15 is 0 Å². The van der Waals surface area contributed by atoms with Gasteiger partial charge in [0.15, 0.2) is 11.5 Å². The highest BCUT2D eigenvalue weighted by Crippen LogP contribution is 2.39. The highest BCUT2D eigenvalue weighted by Gasteiger charge is 2.18. The molecule has 17 heavy (non-hydrogen) atoms. The Balaban J connectivity index is 2.39. The van der Waals surface area contributed by atoms with Crippen LogP contribution in [0.15, 0.2) is 12.1 Å². The molecule has 92 valence electrons. The van der Waals surface area contributed by atoms with E-state index in [-0.39, 0.29) is 0 Å². The normalized spacial score (nSPS) is 13.9. The van der Waals surface area contributed by atoms with Crippen LogP contribution >= 0.6 is 0 Å². The maximum absolute atomic E-state index is 10.5. The third-order valence-electron chi connectivity index (χ3n) is 2.71. The first kappa shape index (κ1) is 11.8. The summed E-state index contributed by atoms with van der Waals surface area (Å²) in [6.45, 7) is 1.29. The lowest BCUT2D eigenvalue weighted by molar-refractivity contribution is -0.107. The van der Waals surface area contributed by atoms with Crippen molar-refractivity contribution in [3.05, 3.63) is 17.7 Å². The molecule has 4 nitrogen and oxygen atoms in total. The van der Waals surface area contributed by atoms with Crippen LogP contribution in [0.4, 0.5) is 0 Å². The van der Waals surface area contributed by atoms with E-state index in [1.54, 1.807) is 7.11 Å². The summed E-state index contributed by atoms with van der Waals surface area (Å²) >= 11 is 0. The molecule has 4 heteroatoms. The zero-order chi connectivity index (χ0) is 12.1. The quantitative estimate of drug-likeness (QED) is 0.750. The third kappa shape index (κ3) is 2.52. The van der Waals surface area contributed by atoms with E-state index in [9.17, 15) is 4.79 Å². The number of carbonyl (C=O) groups excluding carboxylic acids is 1. The number of methoxy groups -OCH3 is 1. The fourth-order valence-electron chi connectivity index (χ4n) is 1.91. The molecule has 1 aliphatic rings. The van der Waals surface area contributed by atoms with E-state index in [0.717, 1.165) is 35.5 Å². The van der Waals surface area contributed by atoms with Gasteiger partial charge in [0.25, 0.3) is 0 Å². The SMILES string of the molecule is COc1ccc2c(c1CCC=O)OCCCO2. The number of carbonyl (C=O) groups is 1. The van der Waals surface area contributed by atoms with Crippen LogP contribution in [0.25, 0.3) is 0 Å². The van der Waals surface area contributed by atoms with Crippen molar-refractivity contribution >= 4 is 6.29 Å². The van der Waals surface area contributed by atoms with Crippen LogP contribution in [0.2, 0.25) is 0 Å². The lowest BCUT2D eigenvalue weighted by Crippen LogP contribution is -2.01. The van der Waals surface area contributed by atoms with E-state index < -0.39 is 0 Å². The molecule has 0 amide bonds. The first-order valence-electron chi connectivity index (χ1n) is 5.76. The Kier molecular flexibility index (Phi) is 3.85. The Hall–Kier alpha value is -1.71. The summed E-state index contributed by atoms with van der Waals surface area (Å²) in [6.07, 6.45) is 2.83. The summed E-state index contributed by atoms with van der Waals surface area (Å²) in [5.74, 6) is 2.21. The Morgan fingerprint density at radius 1 is 1.35 bits per heavy atom. The fraction of sp³-hybridized carbons (Fsp3) is 0.462. The zero-order valence-corrected chi connectivity index (χ0v) is 9.90. The first-order chi connectivity index (χ1) is 8.36. The highest BCUT2D eigenvalue weighted by molar-refractivity contribution is 5.57. The van der Waals surface area contributed by atoms with E-state index in [2.05, 4.69) is 0 Å². The smallest absolute Gasteiger partial charge is 0.168 e. The summed E-state index contributed by atoms with van der Waals surface area (Å²) < 4.78 is 16.6. The maximum atomic E-state index is 10.5. The van der Waals surface area contributed by atoms with Crippen LogP contribution in [-0.4, -0.2) is 26.6 Å². The van der Waals surface area contributed by atoms with Crippen LogP contribution in [0.3, 0.4) is 0 Å². The Morgan fingerprint density at radius 3 is 2.94 bits per heavy atom. The molecule has 0 bridgehead atoms. The molecule has 0 aliphatic carbocycles. The Morgan fingerprint density at radius 2 is 2.18 bits per heavy atom. The van der Waals surface area contributed by atoms with Crippen molar-refractivity contribution in [3.63, 3.8) is 0 Å². The summed E-state index contributed by atoms with van der Waals surface area (Å²) in [4.78, 5) is 10.5. The van der Waals surface area contributed by atoms with Crippen LogP contribution in [-0.2, 0) is 11.2 Å². The van der Waals surface area contributed by atoms with Crippen molar-refractivity contribution in [3.8, 4) is 17.2 Å². The molecule has 0 saturated carbocycles. The molecule has 0 unspecified atom stereocenters. The molecule has 0 N–H and O–H groups in total. The highest BCUT2D eigenvalue weighted by atomic mass is 16.5. The van der Waals surface area contributed by atoms with Gasteiger partial charge in [-0.25, -0.2) is 0 Å². The van der Waals surface area contributed by atoms with Gasteiger partial charge in [-0.1, -0.05) is 0 Å². The predicted molar refractivity (Wildman–Crippen MR) is 63.0 cm³/mol. The van der Waals surface area contributed by atoms with Gasteiger partial charge in [-0.05, 0) is 18.6 Å². The van der Waals surface area contributed by atoms with Crippen molar-refractivity contribution in [2.24, 2.45) is 0 Å². The molecule has 0 fully saturated rings. The fourth-order valence-corrected chi connectivity index (χ4v) is 1.91. The zero-order valence-electron chi connectivity index (χ0n) is 9.90. The third-order valence-corrected chi connectivity index (χ3v) is 2.71. The number of ether oxygens (including phenoxy) is 3. The number of hydrogen-bond donors (Lipinski definition) is 0. The topological polar surface area (TPSA) is 44.8 Å². The van der Waals surface area contributed by atoms with Crippen molar-refractivity contribution in [1.82, 2.24) is 0 Å². The second kappa shape index (κ2) is 5.57. The van der Waals surface area contributed by atoms with Crippen LogP contribution in [0.1, 0.15) is 18.4 Å². The van der Waals surface area contributed by atoms with Gasteiger partial charge in [0, 0.05) is 18.4 Å². The standard InChI is InChI=1S/C13H16O4/c1-15-11-5-6-12-13(10(11)4-2-7-14)17-9-3-8-16-12/h5-7H,2-4,8-9H2,1H3. The van der Waals surface area contributed by atoms with Crippen LogP contribution in [0.5, 0.6) is 17.2 Å². The van der Waals surface area contributed by atoms with E-state index in [4.69, 9.17) is 14.2 Å². The summed E-state index contributed by atoms with van der Waals surface area (Å²) in [6, 6.07) is 3.71. The van der Waals surface area contributed by atoms with Crippen LogP contribution < -0.4 is 14.2 Å². The summed E-state index contributed by atoms with van der Waals surface area (Å²) in [5.41, 5.74) is 0.916. The number of hydrogen-bond acceptors (Lipinski definition) is 4. The molecular formula is C13H16O4. The van der Waals surface area contributed by atoms with E-state index in [1.165, 1.54) is 0 Å². The molecule has 0 saturated heterocycles. The van der Waals surface area contributed by atoms with Gasteiger partial charge >= 0.3 is 0 Å². The van der Waals surface area contributed by atoms with Gasteiger partial charge in [0.1, 0.15) is 12.0 Å². The monoisotopic (exact) mass is 236 g/mol. The summed E-state index contributed by atoms with van der Waals surface area (Å²) in [7, 11) is 1.61. The predicted octanol–water partition coefficient (Wildman–Crippen LogP) is 1.99. The number of benzene rings is 1. The number of fused-ring (bicyclic) bond motifs is 1. The second-order valence-corrected chi connectivity index (χ2v) is 3.83. The Labute approximate surface area is 100 Å². The van der Waals surface area contributed by atoms with Crippen molar-refractivity contribution < 1.29 is 19.0 Å². The molecule has 0 radical (unpaired) electrons. The van der Waals surface area contributed by atoms with Crippen LogP contribution in [0, 0.1) is 0 Å². The van der Waals surface area contributed by atoms with Gasteiger partial charge in [-0.15, -0.1) is 0 Å². The molecule has 1 aliphatic heterocycles. The summed E-state index contributed by atoms with van der Waals surface area (Å²) in [5, 5.41) is 0. The van der Waals surface area contributed by atoms with Gasteiger partial charge < -0.3 is 19.0 Å². The lowest BCUT2D eigenvalue weighted by Gasteiger charge is -2.15. The van der Waals surface area contributed by atoms with Gasteiger partial charge in [0.2, 0.25) is 0 Å². The molecule has 0 aromatic heterocycles. The molecule has 0 atom stereocenters. The molecule has 1 aromatic carbocycles. The Bertz CT molecular complexity index is 401. The number of aldehydes is 1. The largest absolute Gasteiger partial charge is 0.496 e. The maximum Gasteiger partial charge on any atom is 0.168 e. The molecular weight excluding hydrogens is 220 g/mol. The lowest BCUT2D eigenvalue weighted by atomic mass is 10.1. The van der Waals surface area contributed by atoms with E-state index in [1.807, 2.05) is 12.1 Å². The second-order valence-electron chi connectivity index (χ2n) is 3.83. The molecule has 1 aromatic rings. The van der Waals surface area contributed by atoms with Gasteiger partial charge in [-0.2, -0.15) is 0 Å². The average molecular weight is 236 g/mol. The number of rotatable bonds is 4.